The van der Waals surface area contributed by atoms with Gasteiger partial charge in [0, 0.05) is 31.8 Å². The molecule has 0 aliphatic rings. The fourth-order valence-corrected chi connectivity index (χ4v) is 1.97. The van der Waals surface area contributed by atoms with Crippen LogP contribution in [-0.2, 0) is 22.6 Å². The second kappa shape index (κ2) is 7.23. The Morgan fingerprint density at radius 2 is 2.00 bits per heavy atom. The number of carbonyl (C=O) groups is 2. The normalized spacial score (nSPS) is 11.8. The first-order valence-corrected chi connectivity index (χ1v) is 6.68. The topological polar surface area (TPSA) is 84.2 Å². The molecule has 1 unspecified atom stereocenters. The summed E-state index contributed by atoms with van der Waals surface area (Å²) in [5.74, 6) is -1.33. The van der Waals surface area contributed by atoms with Gasteiger partial charge in [0.05, 0.1) is 0 Å². The number of carboxylic acid groups (broad SMARTS) is 1. The molecule has 6 nitrogen and oxygen atoms in total. The molecule has 2 rings (SSSR count). The Kier molecular flexibility index (Phi) is 5.09. The number of aryl methyl sites for hydroxylation is 1. The first-order chi connectivity index (χ1) is 10.1. The molecule has 0 saturated carbocycles. The van der Waals surface area contributed by atoms with Gasteiger partial charge in [0.1, 0.15) is 6.04 Å². The van der Waals surface area contributed by atoms with Crippen molar-refractivity contribution in [3.05, 3.63) is 54.4 Å². The standard InChI is InChI=1S/C15H17N3O3/c19-14(7-10-18-9-4-8-16-18)17-13(15(20)21)11-12-5-2-1-3-6-12/h1-6,8-9,13H,7,10-11H2,(H,17,19)(H,20,21). The molecule has 1 aromatic carbocycles. The summed E-state index contributed by atoms with van der Waals surface area (Å²) >= 11 is 0. The van der Waals surface area contributed by atoms with E-state index in [1.54, 1.807) is 23.1 Å². The first kappa shape index (κ1) is 14.8. The van der Waals surface area contributed by atoms with Gasteiger partial charge in [0.2, 0.25) is 5.91 Å². The van der Waals surface area contributed by atoms with Gasteiger partial charge in [0.25, 0.3) is 0 Å². The minimum Gasteiger partial charge on any atom is -0.480 e. The smallest absolute Gasteiger partial charge is 0.326 e. The number of rotatable bonds is 7. The van der Waals surface area contributed by atoms with Crippen molar-refractivity contribution in [3.8, 4) is 0 Å². The van der Waals surface area contributed by atoms with Crippen molar-refractivity contribution in [1.29, 1.82) is 0 Å². The summed E-state index contributed by atoms with van der Waals surface area (Å²) in [5, 5.41) is 15.7. The fraction of sp³-hybridized carbons (Fsp3) is 0.267. The van der Waals surface area contributed by atoms with Crippen molar-refractivity contribution in [3.63, 3.8) is 0 Å². The highest BCUT2D eigenvalue weighted by Crippen LogP contribution is 2.04. The third kappa shape index (κ3) is 4.76. The Labute approximate surface area is 122 Å². The third-order valence-electron chi connectivity index (χ3n) is 3.04. The lowest BCUT2D eigenvalue weighted by Gasteiger charge is -2.14. The number of aromatic nitrogens is 2. The summed E-state index contributed by atoms with van der Waals surface area (Å²) in [6, 6.07) is 10.1. The van der Waals surface area contributed by atoms with Gasteiger partial charge in [-0.25, -0.2) is 4.79 Å². The van der Waals surface area contributed by atoms with Gasteiger partial charge < -0.3 is 10.4 Å². The maximum absolute atomic E-state index is 11.8. The monoisotopic (exact) mass is 287 g/mol. The molecular formula is C15H17N3O3. The molecule has 0 saturated heterocycles. The molecule has 1 aromatic heterocycles. The highest BCUT2D eigenvalue weighted by atomic mass is 16.4. The fourth-order valence-electron chi connectivity index (χ4n) is 1.97. The zero-order chi connectivity index (χ0) is 15.1. The van der Waals surface area contributed by atoms with Crippen LogP contribution in [0.3, 0.4) is 0 Å². The molecule has 0 radical (unpaired) electrons. The molecule has 1 amide bonds. The second-order valence-corrected chi connectivity index (χ2v) is 4.67. The average molecular weight is 287 g/mol. The zero-order valence-corrected chi connectivity index (χ0v) is 11.5. The predicted molar refractivity (Wildman–Crippen MR) is 76.6 cm³/mol. The van der Waals surface area contributed by atoms with Crippen LogP contribution in [0, 0.1) is 0 Å². The summed E-state index contributed by atoms with van der Waals surface area (Å²) in [6.45, 7) is 0.427. The summed E-state index contributed by atoms with van der Waals surface area (Å²) < 4.78 is 1.63. The zero-order valence-electron chi connectivity index (χ0n) is 11.5. The summed E-state index contributed by atoms with van der Waals surface area (Å²) in [7, 11) is 0. The van der Waals surface area contributed by atoms with Gasteiger partial charge in [-0.15, -0.1) is 0 Å². The van der Waals surface area contributed by atoms with Crippen molar-refractivity contribution in [2.24, 2.45) is 0 Å². The van der Waals surface area contributed by atoms with Crippen molar-refractivity contribution in [2.45, 2.75) is 25.4 Å². The van der Waals surface area contributed by atoms with E-state index in [-0.39, 0.29) is 18.7 Å². The van der Waals surface area contributed by atoms with Crippen LogP contribution in [0.4, 0.5) is 0 Å². The molecule has 21 heavy (non-hydrogen) atoms. The van der Waals surface area contributed by atoms with Gasteiger partial charge in [0.15, 0.2) is 0 Å². The van der Waals surface area contributed by atoms with Gasteiger partial charge in [-0.1, -0.05) is 30.3 Å². The molecule has 0 bridgehead atoms. The quantitative estimate of drug-likeness (QED) is 0.798. The molecule has 0 aliphatic carbocycles. The average Bonchev–Trinajstić information content (AvgIpc) is 2.99. The van der Waals surface area contributed by atoms with E-state index in [0.29, 0.717) is 6.54 Å². The third-order valence-corrected chi connectivity index (χ3v) is 3.04. The number of carboxylic acids is 1. The molecule has 1 heterocycles. The van der Waals surface area contributed by atoms with Gasteiger partial charge in [-0.3, -0.25) is 9.48 Å². The number of carbonyl (C=O) groups excluding carboxylic acids is 1. The minimum absolute atomic E-state index is 0.195. The molecule has 1 atom stereocenters. The van der Waals surface area contributed by atoms with Crippen LogP contribution in [0.2, 0.25) is 0 Å². The first-order valence-electron chi connectivity index (χ1n) is 6.68. The lowest BCUT2D eigenvalue weighted by molar-refractivity contribution is -0.141. The lowest BCUT2D eigenvalue weighted by atomic mass is 10.1. The summed E-state index contributed by atoms with van der Waals surface area (Å²) in [5.41, 5.74) is 0.872. The van der Waals surface area contributed by atoms with Gasteiger partial charge in [-0.05, 0) is 11.6 Å². The second-order valence-electron chi connectivity index (χ2n) is 4.67. The minimum atomic E-state index is -1.04. The van der Waals surface area contributed by atoms with Crippen LogP contribution in [0.1, 0.15) is 12.0 Å². The maximum Gasteiger partial charge on any atom is 0.326 e. The van der Waals surface area contributed by atoms with Crippen LogP contribution in [0.25, 0.3) is 0 Å². The molecule has 0 aliphatic heterocycles. The van der Waals surface area contributed by atoms with Crippen molar-refractivity contribution >= 4 is 11.9 Å². The largest absolute Gasteiger partial charge is 0.480 e. The number of amides is 1. The Morgan fingerprint density at radius 1 is 1.24 bits per heavy atom. The van der Waals surface area contributed by atoms with Crippen molar-refractivity contribution in [2.75, 3.05) is 0 Å². The highest BCUT2D eigenvalue weighted by Gasteiger charge is 2.20. The molecular weight excluding hydrogens is 270 g/mol. The van der Waals surface area contributed by atoms with Crippen molar-refractivity contribution < 1.29 is 14.7 Å². The molecule has 110 valence electrons. The van der Waals surface area contributed by atoms with Crippen LogP contribution in [-0.4, -0.2) is 32.8 Å². The predicted octanol–water partition coefficient (Wildman–Crippen LogP) is 1.09. The maximum atomic E-state index is 11.8. The molecule has 6 heteroatoms. The van der Waals surface area contributed by atoms with Crippen LogP contribution >= 0.6 is 0 Å². The lowest BCUT2D eigenvalue weighted by Crippen LogP contribution is -2.42. The Balaban J connectivity index is 1.87. The Morgan fingerprint density at radius 3 is 2.62 bits per heavy atom. The van der Waals surface area contributed by atoms with Gasteiger partial charge in [-0.2, -0.15) is 5.10 Å². The molecule has 0 spiro atoms. The number of aliphatic carboxylic acids is 1. The highest BCUT2D eigenvalue weighted by molar-refractivity contribution is 5.83. The van der Waals surface area contributed by atoms with Crippen LogP contribution < -0.4 is 5.32 Å². The van der Waals surface area contributed by atoms with E-state index in [1.807, 2.05) is 30.3 Å². The van der Waals surface area contributed by atoms with E-state index >= 15 is 0 Å². The summed E-state index contributed by atoms with van der Waals surface area (Å²) in [6.07, 6.45) is 3.85. The molecule has 0 fully saturated rings. The Bertz CT molecular complexity index is 581. The van der Waals surface area contributed by atoms with Crippen LogP contribution in [0.15, 0.2) is 48.8 Å². The van der Waals surface area contributed by atoms with Gasteiger partial charge >= 0.3 is 5.97 Å². The van der Waals surface area contributed by atoms with Crippen LogP contribution in [0.5, 0.6) is 0 Å². The molecule has 2 N–H and O–H groups in total. The van der Waals surface area contributed by atoms with E-state index in [9.17, 15) is 14.7 Å². The molecule has 2 aromatic rings. The summed E-state index contributed by atoms with van der Waals surface area (Å²) in [4.78, 5) is 23.1. The van der Waals surface area contributed by atoms with E-state index in [1.165, 1.54) is 0 Å². The van der Waals surface area contributed by atoms with E-state index < -0.39 is 12.0 Å². The Hall–Kier alpha value is -2.63. The van der Waals surface area contributed by atoms with E-state index in [4.69, 9.17) is 0 Å². The number of nitrogens with one attached hydrogen (secondary N) is 1. The number of hydrogen-bond acceptors (Lipinski definition) is 3. The van der Waals surface area contributed by atoms with Crippen molar-refractivity contribution in [1.82, 2.24) is 15.1 Å². The SMILES string of the molecule is O=C(CCn1cccn1)NC(Cc1ccccc1)C(=O)O. The number of nitrogens with zero attached hydrogens (tertiary/aromatic N) is 2. The van der Waals surface area contributed by atoms with E-state index in [2.05, 4.69) is 10.4 Å². The number of hydrogen-bond donors (Lipinski definition) is 2. The number of benzene rings is 1. The van der Waals surface area contributed by atoms with E-state index in [0.717, 1.165) is 5.56 Å².